The highest BCUT2D eigenvalue weighted by atomic mass is 79.9. The van der Waals surface area contributed by atoms with Gasteiger partial charge in [-0.3, -0.25) is 9.59 Å². The molecule has 6 heteroatoms. The molecule has 0 radical (unpaired) electrons. The molecule has 1 aliphatic rings. The van der Waals surface area contributed by atoms with Crippen molar-refractivity contribution in [3.05, 3.63) is 28.2 Å². The van der Waals surface area contributed by atoms with E-state index in [9.17, 15) is 9.59 Å². The first-order chi connectivity index (χ1) is 9.51. The first-order valence-corrected chi connectivity index (χ1v) is 7.92. The lowest BCUT2D eigenvalue weighted by Crippen LogP contribution is -2.25. The van der Waals surface area contributed by atoms with Gasteiger partial charge in [-0.05, 0) is 40.0 Å². The van der Waals surface area contributed by atoms with Gasteiger partial charge >= 0.3 is 0 Å². The van der Waals surface area contributed by atoms with E-state index in [0.717, 1.165) is 10.2 Å². The molecule has 1 heterocycles. The van der Waals surface area contributed by atoms with Crippen molar-refractivity contribution < 1.29 is 9.59 Å². The molecule has 1 aromatic rings. The third-order valence-corrected chi connectivity index (χ3v) is 4.77. The molecule has 0 aromatic heterocycles. The van der Waals surface area contributed by atoms with Crippen molar-refractivity contribution in [2.75, 3.05) is 17.2 Å². The zero-order chi connectivity index (χ0) is 14.7. The molecule has 0 spiro atoms. The standard InChI is InChI=1S/C14H13BrN2O2S/c1-9(18)20-8-11-5-14(19)17(7-11)13-3-2-10(6-16)4-12(13)15/h2-4,11H,5,7-8H2,1H3. The summed E-state index contributed by atoms with van der Waals surface area (Å²) in [7, 11) is 0. The number of nitrogens with zero attached hydrogens (tertiary/aromatic N) is 2. The number of halogens is 1. The first kappa shape index (κ1) is 15.1. The number of hydrogen-bond donors (Lipinski definition) is 0. The first-order valence-electron chi connectivity index (χ1n) is 6.14. The molecule has 0 saturated carbocycles. The van der Waals surface area contributed by atoms with Gasteiger partial charge in [0.25, 0.3) is 0 Å². The highest BCUT2D eigenvalue weighted by Crippen LogP contribution is 2.33. The van der Waals surface area contributed by atoms with E-state index in [4.69, 9.17) is 5.26 Å². The van der Waals surface area contributed by atoms with Crippen LogP contribution in [0.25, 0.3) is 0 Å². The van der Waals surface area contributed by atoms with Crippen molar-refractivity contribution in [2.24, 2.45) is 5.92 Å². The lowest BCUT2D eigenvalue weighted by atomic mass is 10.1. The lowest BCUT2D eigenvalue weighted by molar-refractivity contribution is -0.117. The van der Waals surface area contributed by atoms with Crippen LogP contribution in [0.5, 0.6) is 0 Å². The molecule has 2 rings (SSSR count). The van der Waals surface area contributed by atoms with Gasteiger partial charge in [-0.25, -0.2) is 0 Å². The minimum Gasteiger partial charge on any atom is -0.311 e. The molecule has 0 aliphatic carbocycles. The van der Waals surface area contributed by atoms with Crippen molar-refractivity contribution in [3.63, 3.8) is 0 Å². The average molecular weight is 353 g/mol. The fraction of sp³-hybridized carbons (Fsp3) is 0.357. The predicted octanol–water partition coefficient (Wildman–Crippen LogP) is 2.95. The summed E-state index contributed by atoms with van der Waals surface area (Å²) in [4.78, 5) is 24.8. The van der Waals surface area contributed by atoms with Crippen molar-refractivity contribution in [3.8, 4) is 6.07 Å². The fourth-order valence-corrected chi connectivity index (χ4v) is 3.44. The molecule has 1 aromatic carbocycles. The number of benzene rings is 1. The Bertz CT molecular complexity index is 597. The topological polar surface area (TPSA) is 61.2 Å². The van der Waals surface area contributed by atoms with E-state index in [1.165, 1.54) is 18.7 Å². The minimum atomic E-state index is 0.0598. The van der Waals surface area contributed by atoms with E-state index in [1.807, 2.05) is 0 Å². The molecular weight excluding hydrogens is 340 g/mol. The van der Waals surface area contributed by atoms with E-state index >= 15 is 0 Å². The Labute approximate surface area is 130 Å². The Hall–Kier alpha value is -1.32. The summed E-state index contributed by atoms with van der Waals surface area (Å²) in [5.74, 6) is 0.925. The SMILES string of the molecule is CC(=O)SCC1CC(=O)N(c2ccc(C#N)cc2Br)C1. The van der Waals surface area contributed by atoms with E-state index in [2.05, 4.69) is 22.0 Å². The summed E-state index contributed by atoms with van der Waals surface area (Å²) in [6.07, 6.45) is 0.465. The van der Waals surface area contributed by atoms with Gasteiger partial charge in [0.1, 0.15) is 0 Å². The number of thioether (sulfide) groups is 1. The Morgan fingerprint density at radius 3 is 2.95 bits per heavy atom. The predicted molar refractivity (Wildman–Crippen MR) is 82.5 cm³/mol. The second kappa shape index (κ2) is 6.42. The van der Waals surface area contributed by atoms with Crippen molar-refractivity contribution >= 4 is 44.4 Å². The number of rotatable bonds is 3. The quantitative estimate of drug-likeness (QED) is 0.838. The number of amides is 1. The Balaban J connectivity index is 2.12. The molecule has 1 fully saturated rings. The van der Waals surface area contributed by atoms with Crippen LogP contribution in [0.1, 0.15) is 18.9 Å². The van der Waals surface area contributed by atoms with Crippen molar-refractivity contribution in [2.45, 2.75) is 13.3 Å². The molecule has 1 saturated heterocycles. The fourth-order valence-electron chi connectivity index (χ4n) is 2.16. The maximum absolute atomic E-state index is 12.1. The highest BCUT2D eigenvalue weighted by Gasteiger charge is 2.31. The number of hydrogen-bond acceptors (Lipinski definition) is 4. The molecule has 1 atom stereocenters. The van der Waals surface area contributed by atoms with Crippen LogP contribution in [-0.2, 0) is 9.59 Å². The van der Waals surface area contributed by atoms with Crippen LogP contribution in [0.15, 0.2) is 22.7 Å². The van der Waals surface area contributed by atoms with Gasteiger partial charge in [-0.2, -0.15) is 5.26 Å². The Morgan fingerprint density at radius 1 is 1.60 bits per heavy atom. The molecule has 1 unspecified atom stereocenters. The van der Waals surface area contributed by atoms with Gasteiger partial charge in [-0.15, -0.1) is 0 Å². The number of carbonyl (C=O) groups is 2. The molecular formula is C14H13BrN2O2S. The molecule has 104 valence electrons. The highest BCUT2D eigenvalue weighted by molar-refractivity contribution is 9.10. The maximum atomic E-state index is 12.1. The Kier molecular flexibility index (Phi) is 4.84. The van der Waals surface area contributed by atoms with E-state index in [1.54, 1.807) is 23.1 Å². The van der Waals surface area contributed by atoms with Crippen LogP contribution in [0.4, 0.5) is 5.69 Å². The van der Waals surface area contributed by atoms with Crippen LogP contribution < -0.4 is 4.90 Å². The average Bonchev–Trinajstić information content (AvgIpc) is 2.77. The van der Waals surface area contributed by atoms with Gasteiger partial charge in [0.05, 0.1) is 17.3 Å². The van der Waals surface area contributed by atoms with Gasteiger partial charge in [0.15, 0.2) is 5.12 Å². The third-order valence-electron chi connectivity index (χ3n) is 3.09. The van der Waals surface area contributed by atoms with Crippen LogP contribution in [0.2, 0.25) is 0 Å². The van der Waals surface area contributed by atoms with Crippen LogP contribution in [-0.4, -0.2) is 23.3 Å². The van der Waals surface area contributed by atoms with Crippen LogP contribution in [0.3, 0.4) is 0 Å². The molecule has 20 heavy (non-hydrogen) atoms. The number of anilines is 1. The van der Waals surface area contributed by atoms with Crippen LogP contribution in [0, 0.1) is 17.2 Å². The largest absolute Gasteiger partial charge is 0.311 e. The molecule has 4 nitrogen and oxygen atoms in total. The second-order valence-electron chi connectivity index (χ2n) is 4.66. The maximum Gasteiger partial charge on any atom is 0.227 e. The third kappa shape index (κ3) is 3.41. The number of carbonyl (C=O) groups excluding carboxylic acids is 2. The second-order valence-corrected chi connectivity index (χ2v) is 6.71. The van der Waals surface area contributed by atoms with E-state index in [0.29, 0.717) is 24.3 Å². The monoisotopic (exact) mass is 352 g/mol. The normalized spacial score (nSPS) is 18.1. The molecule has 1 aliphatic heterocycles. The van der Waals surface area contributed by atoms with Gasteiger partial charge in [-0.1, -0.05) is 11.8 Å². The summed E-state index contributed by atoms with van der Waals surface area (Å²) < 4.78 is 0.741. The molecule has 0 bridgehead atoms. The summed E-state index contributed by atoms with van der Waals surface area (Å²) in [5.41, 5.74) is 1.33. The zero-order valence-electron chi connectivity index (χ0n) is 10.9. The van der Waals surface area contributed by atoms with Gasteiger partial charge in [0.2, 0.25) is 5.91 Å². The van der Waals surface area contributed by atoms with Crippen molar-refractivity contribution in [1.29, 1.82) is 5.26 Å². The van der Waals surface area contributed by atoms with Crippen LogP contribution >= 0.6 is 27.7 Å². The summed E-state index contributed by atoms with van der Waals surface area (Å²) in [6.45, 7) is 2.15. The van der Waals surface area contributed by atoms with Gasteiger partial charge in [0, 0.05) is 30.1 Å². The van der Waals surface area contributed by atoms with Crippen molar-refractivity contribution in [1.82, 2.24) is 0 Å². The lowest BCUT2D eigenvalue weighted by Gasteiger charge is -2.18. The molecule has 1 amide bonds. The van der Waals surface area contributed by atoms with E-state index < -0.39 is 0 Å². The summed E-state index contributed by atoms with van der Waals surface area (Å²) in [5, 5.41) is 8.93. The Morgan fingerprint density at radius 2 is 2.35 bits per heavy atom. The summed E-state index contributed by atoms with van der Waals surface area (Å²) in [6, 6.07) is 7.25. The number of nitriles is 1. The van der Waals surface area contributed by atoms with Gasteiger partial charge < -0.3 is 4.90 Å². The van der Waals surface area contributed by atoms with E-state index in [-0.39, 0.29) is 16.9 Å². The minimum absolute atomic E-state index is 0.0598. The molecule has 0 N–H and O–H groups in total. The summed E-state index contributed by atoms with van der Waals surface area (Å²) >= 11 is 4.67. The smallest absolute Gasteiger partial charge is 0.227 e. The zero-order valence-corrected chi connectivity index (χ0v) is 13.3.